The third-order valence-corrected chi connectivity index (χ3v) is 3.13. The summed E-state index contributed by atoms with van der Waals surface area (Å²) >= 11 is 0. The molecule has 0 N–H and O–H groups in total. The number of rotatable bonds is 7. The Morgan fingerprint density at radius 3 is 2.44 bits per heavy atom. The molecule has 2 aromatic rings. The summed E-state index contributed by atoms with van der Waals surface area (Å²) in [6.45, 7) is -0.240. The van der Waals surface area contributed by atoms with E-state index in [1.807, 2.05) is 6.07 Å². The van der Waals surface area contributed by atoms with Crippen LogP contribution < -0.4 is 14.2 Å². The van der Waals surface area contributed by atoms with Crippen LogP contribution in [0.4, 0.5) is 0 Å². The van der Waals surface area contributed by atoms with E-state index in [4.69, 9.17) is 14.2 Å². The van der Waals surface area contributed by atoms with Gasteiger partial charge in [0.05, 0.1) is 14.2 Å². The highest BCUT2D eigenvalue weighted by atomic mass is 16.6. The molecule has 0 saturated heterocycles. The summed E-state index contributed by atoms with van der Waals surface area (Å²) in [5.74, 6) is 0.293. The molecule has 0 amide bonds. The van der Waals surface area contributed by atoms with Gasteiger partial charge in [-0.3, -0.25) is 0 Å². The molecule has 25 heavy (non-hydrogen) atoms. The number of benzene rings is 2. The van der Waals surface area contributed by atoms with Gasteiger partial charge in [0, 0.05) is 6.08 Å². The van der Waals surface area contributed by atoms with Gasteiger partial charge in [-0.15, -0.1) is 0 Å². The van der Waals surface area contributed by atoms with Crippen LogP contribution in [0.25, 0.3) is 6.08 Å². The summed E-state index contributed by atoms with van der Waals surface area (Å²) in [6, 6.07) is 13.8. The molecule has 2 rings (SSSR count). The van der Waals surface area contributed by atoms with Crippen molar-refractivity contribution in [2.75, 3.05) is 20.8 Å². The summed E-state index contributed by atoms with van der Waals surface area (Å²) in [5.41, 5.74) is 0.686. The van der Waals surface area contributed by atoms with Crippen LogP contribution in [-0.2, 0) is 14.3 Å². The van der Waals surface area contributed by atoms with Crippen molar-refractivity contribution in [2.24, 2.45) is 0 Å². The maximum absolute atomic E-state index is 11.8. The molecule has 130 valence electrons. The van der Waals surface area contributed by atoms with Crippen LogP contribution in [-0.4, -0.2) is 32.8 Å². The second-order valence-electron chi connectivity index (χ2n) is 4.84. The number of para-hydroxylation sites is 1. The topological polar surface area (TPSA) is 71.1 Å². The number of hydrogen-bond donors (Lipinski definition) is 0. The van der Waals surface area contributed by atoms with Gasteiger partial charge >= 0.3 is 11.9 Å². The van der Waals surface area contributed by atoms with Crippen molar-refractivity contribution in [3.05, 3.63) is 60.2 Å². The molecule has 0 fully saturated rings. The lowest BCUT2D eigenvalue weighted by Crippen LogP contribution is -2.13. The first kappa shape index (κ1) is 18.1. The summed E-state index contributed by atoms with van der Waals surface area (Å²) in [5, 5.41) is 0. The molecule has 2 aromatic carbocycles. The fraction of sp³-hybridized carbons (Fsp3) is 0.158. The number of methoxy groups -OCH3 is 2. The average Bonchev–Trinajstić information content (AvgIpc) is 2.65. The molecular formula is C19H18O6. The predicted molar refractivity (Wildman–Crippen MR) is 91.6 cm³/mol. The van der Waals surface area contributed by atoms with Crippen molar-refractivity contribution < 1.29 is 28.5 Å². The largest absolute Gasteiger partial charge is 0.493 e. The quantitative estimate of drug-likeness (QED) is 0.438. The number of hydrogen-bond acceptors (Lipinski definition) is 6. The Morgan fingerprint density at radius 1 is 1.00 bits per heavy atom. The lowest BCUT2D eigenvalue weighted by molar-refractivity contribution is -0.143. The molecule has 0 bridgehead atoms. The summed E-state index contributed by atoms with van der Waals surface area (Å²) in [7, 11) is 2.77. The van der Waals surface area contributed by atoms with E-state index in [2.05, 4.69) is 4.74 Å². The molecule has 6 heteroatoms. The van der Waals surface area contributed by atoms with E-state index in [1.165, 1.54) is 20.3 Å². The van der Waals surface area contributed by atoms with Gasteiger partial charge in [-0.05, 0) is 35.9 Å². The van der Waals surface area contributed by atoms with Gasteiger partial charge in [-0.25, -0.2) is 9.59 Å². The zero-order valence-corrected chi connectivity index (χ0v) is 13.9. The van der Waals surface area contributed by atoms with E-state index in [1.54, 1.807) is 48.5 Å². The zero-order chi connectivity index (χ0) is 18.1. The molecule has 0 radical (unpaired) electrons. The number of esters is 2. The van der Waals surface area contributed by atoms with Crippen molar-refractivity contribution in [1.29, 1.82) is 0 Å². The van der Waals surface area contributed by atoms with E-state index < -0.39 is 11.9 Å². The third-order valence-electron chi connectivity index (χ3n) is 3.13. The SMILES string of the molecule is COC(=O)COc1cc(C=CC(=O)Oc2ccccc2)ccc1OC. The van der Waals surface area contributed by atoms with E-state index in [0.717, 1.165) is 0 Å². The molecule has 6 nitrogen and oxygen atoms in total. The van der Waals surface area contributed by atoms with Crippen LogP contribution in [0.2, 0.25) is 0 Å². The molecule has 0 heterocycles. The first-order valence-corrected chi connectivity index (χ1v) is 7.45. The van der Waals surface area contributed by atoms with Crippen LogP contribution in [0, 0.1) is 0 Å². The van der Waals surface area contributed by atoms with E-state index in [0.29, 0.717) is 22.8 Å². The van der Waals surface area contributed by atoms with E-state index in [-0.39, 0.29) is 6.61 Å². The fourth-order valence-corrected chi connectivity index (χ4v) is 1.91. The minimum atomic E-state index is -0.505. The van der Waals surface area contributed by atoms with Gasteiger partial charge in [-0.2, -0.15) is 0 Å². The highest BCUT2D eigenvalue weighted by Crippen LogP contribution is 2.28. The maximum Gasteiger partial charge on any atom is 0.343 e. The smallest absolute Gasteiger partial charge is 0.343 e. The Kier molecular flexibility index (Phi) is 6.59. The number of carbonyl (C=O) groups excluding carboxylic acids is 2. The Hall–Kier alpha value is -3.28. The maximum atomic E-state index is 11.8. The van der Waals surface area contributed by atoms with E-state index in [9.17, 15) is 9.59 Å². The normalized spacial score (nSPS) is 10.3. The highest BCUT2D eigenvalue weighted by Gasteiger charge is 2.08. The summed E-state index contributed by atoms with van der Waals surface area (Å²) in [4.78, 5) is 23.0. The molecule has 0 spiro atoms. The monoisotopic (exact) mass is 342 g/mol. The van der Waals surface area contributed by atoms with Crippen molar-refractivity contribution in [3.8, 4) is 17.2 Å². The molecular weight excluding hydrogens is 324 g/mol. The van der Waals surface area contributed by atoms with Gasteiger partial charge in [0.2, 0.25) is 0 Å². The van der Waals surface area contributed by atoms with Crippen molar-refractivity contribution in [3.63, 3.8) is 0 Å². The molecule has 0 aromatic heterocycles. The molecule has 0 saturated carbocycles. The van der Waals surface area contributed by atoms with Crippen LogP contribution in [0.3, 0.4) is 0 Å². The van der Waals surface area contributed by atoms with Crippen molar-refractivity contribution >= 4 is 18.0 Å². The molecule has 0 unspecified atom stereocenters. The van der Waals surface area contributed by atoms with Gasteiger partial charge < -0.3 is 18.9 Å². The number of ether oxygens (including phenoxy) is 4. The van der Waals surface area contributed by atoms with Gasteiger partial charge in [0.15, 0.2) is 18.1 Å². The fourth-order valence-electron chi connectivity index (χ4n) is 1.91. The third kappa shape index (κ3) is 5.69. The molecule has 0 atom stereocenters. The first-order chi connectivity index (χ1) is 12.1. The summed E-state index contributed by atoms with van der Waals surface area (Å²) < 4.78 is 20.2. The van der Waals surface area contributed by atoms with Gasteiger partial charge in [0.1, 0.15) is 5.75 Å². The van der Waals surface area contributed by atoms with Crippen LogP contribution in [0.5, 0.6) is 17.2 Å². The summed E-state index contributed by atoms with van der Waals surface area (Å²) in [6.07, 6.45) is 2.88. The lowest BCUT2D eigenvalue weighted by Gasteiger charge is -2.10. The Labute approximate surface area is 145 Å². The van der Waals surface area contributed by atoms with Gasteiger partial charge in [0.25, 0.3) is 0 Å². The second-order valence-corrected chi connectivity index (χ2v) is 4.84. The van der Waals surface area contributed by atoms with Crippen LogP contribution >= 0.6 is 0 Å². The van der Waals surface area contributed by atoms with Crippen molar-refractivity contribution in [2.45, 2.75) is 0 Å². The standard InChI is InChI=1S/C19H18O6/c1-22-16-10-8-14(12-17(16)24-13-19(21)23-2)9-11-18(20)25-15-6-4-3-5-7-15/h3-12H,13H2,1-2H3. The van der Waals surface area contributed by atoms with E-state index >= 15 is 0 Å². The molecule has 0 aliphatic heterocycles. The van der Waals surface area contributed by atoms with Crippen LogP contribution in [0.1, 0.15) is 5.56 Å². The molecule has 0 aliphatic rings. The predicted octanol–water partition coefficient (Wildman–Crippen LogP) is 2.87. The average molecular weight is 342 g/mol. The Bertz CT molecular complexity index is 752. The van der Waals surface area contributed by atoms with Gasteiger partial charge in [-0.1, -0.05) is 24.3 Å². The zero-order valence-electron chi connectivity index (χ0n) is 13.9. The first-order valence-electron chi connectivity index (χ1n) is 7.45. The highest BCUT2D eigenvalue weighted by molar-refractivity contribution is 5.88. The minimum absolute atomic E-state index is 0.240. The van der Waals surface area contributed by atoms with Crippen molar-refractivity contribution in [1.82, 2.24) is 0 Å². The number of carbonyl (C=O) groups is 2. The molecule has 0 aliphatic carbocycles. The Balaban J connectivity index is 2.05. The second kappa shape index (κ2) is 9.12. The Morgan fingerprint density at radius 2 is 1.76 bits per heavy atom. The lowest BCUT2D eigenvalue weighted by atomic mass is 10.2. The van der Waals surface area contributed by atoms with Crippen LogP contribution in [0.15, 0.2) is 54.6 Å². The minimum Gasteiger partial charge on any atom is -0.493 e.